The molecule has 0 bridgehead atoms. The van der Waals surface area contributed by atoms with Gasteiger partial charge in [0.2, 0.25) is 5.89 Å². The average Bonchev–Trinajstić information content (AvgIpc) is 3.19. The number of ether oxygens (including phenoxy) is 1. The summed E-state index contributed by atoms with van der Waals surface area (Å²) in [4.78, 5) is 11.0. The maximum Gasteiger partial charge on any atom is 0.208 e. The fourth-order valence-corrected chi connectivity index (χ4v) is 2.93. The first-order chi connectivity index (χ1) is 11.5. The van der Waals surface area contributed by atoms with Crippen LogP contribution in [0.5, 0.6) is 0 Å². The molecular formula is C19H27N3O2. The van der Waals surface area contributed by atoms with Crippen molar-refractivity contribution in [1.82, 2.24) is 14.9 Å². The summed E-state index contributed by atoms with van der Waals surface area (Å²) < 4.78 is 11.8. The number of hydrogen-bond donors (Lipinski definition) is 0. The van der Waals surface area contributed by atoms with Crippen molar-refractivity contribution in [2.75, 3.05) is 13.2 Å². The molecule has 1 saturated heterocycles. The van der Waals surface area contributed by atoms with Gasteiger partial charge in [-0.25, -0.2) is 4.98 Å². The minimum Gasteiger partial charge on any atom is -0.444 e. The van der Waals surface area contributed by atoms with Crippen molar-refractivity contribution in [2.45, 2.75) is 58.2 Å². The third-order valence-corrected chi connectivity index (χ3v) is 4.27. The van der Waals surface area contributed by atoms with E-state index in [1.807, 2.05) is 18.5 Å². The number of oxazole rings is 1. The molecule has 130 valence electrons. The molecule has 0 unspecified atom stereocenters. The summed E-state index contributed by atoms with van der Waals surface area (Å²) >= 11 is 0. The predicted molar refractivity (Wildman–Crippen MR) is 92.5 cm³/mol. The van der Waals surface area contributed by atoms with E-state index in [0.717, 1.165) is 44.2 Å². The maximum absolute atomic E-state index is 5.97. The van der Waals surface area contributed by atoms with Crippen LogP contribution >= 0.6 is 0 Å². The average molecular weight is 329 g/mol. The standard InChI is InChI=1S/C19H27N3O2/c1-19(2,3)17-11-21-18(24-17)14-22(13-16-7-5-9-23-16)12-15-6-4-8-20-10-15/h4,6,8,10-11,16H,5,7,9,12-14H2,1-3H3/t16-/m1/s1. The van der Waals surface area contributed by atoms with Gasteiger partial charge >= 0.3 is 0 Å². The second kappa shape index (κ2) is 7.45. The van der Waals surface area contributed by atoms with Gasteiger partial charge in [0.05, 0.1) is 18.8 Å². The molecule has 5 heteroatoms. The number of rotatable bonds is 6. The highest BCUT2D eigenvalue weighted by molar-refractivity contribution is 5.09. The molecule has 1 fully saturated rings. The summed E-state index contributed by atoms with van der Waals surface area (Å²) in [6.45, 7) is 9.68. The highest BCUT2D eigenvalue weighted by Crippen LogP contribution is 2.24. The van der Waals surface area contributed by atoms with Gasteiger partial charge in [0.15, 0.2) is 0 Å². The first kappa shape index (κ1) is 17.1. The molecule has 0 N–H and O–H groups in total. The fourth-order valence-electron chi connectivity index (χ4n) is 2.93. The van der Waals surface area contributed by atoms with Crippen LogP contribution in [0, 0.1) is 0 Å². The lowest BCUT2D eigenvalue weighted by Gasteiger charge is -2.24. The second-order valence-electron chi connectivity index (χ2n) is 7.53. The van der Waals surface area contributed by atoms with Gasteiger partial charge in [-0.3, -0.25) is 9.88 Å². The predicted octanol–water partition coefficient (Wildman–Crippen LogP) is 3.55. The largest absolute Gasteiger partial charge is 0.444 e. The molecule has 3 rings (SSSR count). The monoisotopic (exact) mass is 329 g/mol. The summed E-state index contributed by atoms with van der Waals surface area (Å²) in [6.07, 6.45) is 8.15. The Morgan fingerprint density at radius 2 is 2.12 bits per heavy atom. The first-order valence-corrected chi connectivity index (χ1v) is 8.69. The number of nitrogens with zero attached hydrogens (tertiary/aromatic N) is 3. The van der Waals surface area contributed by atoms with Gasteiger partial charge in [0.1, 0.15) is 5.76 Å². The molecule has 24 heavy (non-hydrogen) atoms. The highest BCUT2D eigenvalue weighted by atomic mass is 16.5. The molecule has 0 radical (unpaired) electrons. The van der Waals surface area contributed by atoms with Gasteiger partial charge in [-0.05, 0) is 24.5 Å². The molecule has 0 aromatic carbocycles. The smallest absolute Gasteiger partial charge is 0.208 e. The molecule has 2 aromatic heterocycles. The van der Waals surface area contributed by atoms with Gasteiger partial charge in [0, 0.05) is 37.5 Å². The Bertz CT molecular complexity index is 628. The van der Waals surface area contributed by atoms with Crippen molar-refractivity contribution in [2.24, 2.45) is 0 Å². The van der Waals surface area contributed by atoms with Gasteiger partial charge in [0.25, 0.3) is 0 Å². The van der Waals surface area contributed by atoms with Crippen LogP contribution in [0.2, 0.25) is 0 Å². The van der Waals surface area contributed by atoms with Gasteiger partial charge in [-0.1, -0.05) is 26.8 Å². The zero-order valence-electron chi connectivity index (χ0n) is 14.9. The lowest BCUT2D eigenvalue weighted by molar-refractivity contribution is 0.0645. The summed E-state index contributed by atoms with van der Waals surface area (Å²) in [6, 6.07) is 4.08. The van der Waals surface area contributed by atoms with Crippen LogP contribution in [0.15, 0.2) is 35.1 Å². The molecule has 2 aromatic rings. The normalized spacial score (nSPS) is 18.4. The Hall–Kier alpha value is -1.72. The summed E-state index contributed by atoms with van der Waals surface area (Å²) in [7, 11) is 0. The Balaban J connectivity index is 1.70. The van der Waals surface area contributed by atoms with E-state index in [-0.39, 0.29) is 5.41 Å². The minimum absolute atomic E-state index is 0.0198. The Kier molecular flexibility index (Phi) is 5.31. The quantitative estimate of drug-likeness (QED) is 0.811. The molecular weight excluding hydrogens is 302 g/mol. The Labute approximate surface area is 144 Å². The SMILES string of the molecule is CC(C)(C)c1cnc(CN(Cc2cccnc2)C[C@H]2CCCO2)o1. The van der Waals surface area contributed by atoms with E-state index in [1.54, 1.807) is 6.20 Å². The third-order valence-electron chi connectivity index (χ3n) is 4.27. The van der Waals surface area contributed by atoms with Crippen LogP contribution in [-0.2, 0) is 23.2 Å². The van der Waals surface area contributed by atoms with Crippen LogP contribution in [0.3, 0.4) is 0 Å². The molecule has 1 aliphatic heterocycles. The number of hydrogen-bond acceptors (Lipinski definition) is 5. The van der Waals surface area contributed by atoms with E-state index in [2.05, 4.69) is 41.7 Å². The number of aromatic nitrogens is 2. The zero-order valence-corrected chi connectivity index (χ0v) is 14.9. The lowest BCUT2D eigenvalue weighted by Crippen LogP contribution is -2.31. The van der Waals surface area contributed by atoms with E-state index in [9.17, 15) is 0 Å². The zero-order chi connectivity index (χ0) is 17.0. The molecule has 0 aliphatic carbocycles. The molecule has 0 saturated carbocycles. The van der Waals surface area contributed by atoms with Gasteiger partial charge in [-0.15, -0.1) is 0 Å². The first-order valence-electron chi connectivity index (χ1n) is 8.69. The van der Waals surface area contributed by atoms with Crippen molar-refractivity contribution in [3.05, 3.63) is 47.9 Å². The lowest BCUT2D eigenvalue weighted by atomic mass is 9.94. The summed E-state index contributed by atoms with van der Waals surface area (Å²) in [5.74, 6) is 1.69. The van der Waals surface area contributed by atoms with Gasteiger partial charge < -0.3 is 9.15 Å². The van der Waals surface area contributed by atoms with Crippen molar-refractivity contribution in [3.63, 3.8) is 0 Å². The summed E-state index contributed by atoms with van der Waals surface area (Å²) in [5, 5.41) is 0. The van der Waals surface area contributed by atoms with E-state index in [0.29, 0.717) is 12.6 Å². The molecule has 0 spiro atoms. The van der Waals surface area contributed by atoms with E-state index in [1.165, 1.54) is 5.56 Å². The fraction of sp³-hybridized carbons (Fsp3) is 0.579. The molecule has 0 amide bonds. The summed E-state index contributed by atoms with van der Waals surface area (Å²) in [5.41, 5.74) is 1.17. The number of pyridine rings is 1. The Morgan fingerprint density at radius 3 is 2.75 bits per heavy atom. The van der Waals surface area contributed by atoms with Crippen molar-refractivity contribution < 1.29 is 9.15 Å². The van der Waals surface area contributed by atoms with Crippen LogP contribution in [0.1, 0.15) is 50.8 Å². The van der Waals surface area contributed by atoms with Crippen LogP contribution in [-0.4, -0.2) is 34.1 Å². The second-order valence-corrected chi connectivity index (χ2v) is 7.53. The molecule has 1 atom stereocenters. The maximum atomic E-state index is 5.97. The van der Waals surface area contributed by atoms with Crippen molar-refractivity contribution in [1.29, 1.82) is 0 Å². The van der Waals surface area contributed by atoms with E-state index >= 15 is 0 Å². The van der Waals surface area contributed by atoms with Gasteiger partial charge in [-0.2, -0.15) is 0 Å². The highest BCUT2D eigenvalue weighted by Gasteiger charge is 2.23. The topological polar surface area (TPSA) is 51.4 Å². The third kappa shape index (κ3) is 4.65. The van der Waals surface area contributed by atoms with E-state index in [4.69, 9.17) is 9.15 Å². The van der Waals surface area contributed by atoms with Crippen LogP contribution in [0.25, 0.3) is 0 Å². The molecule has 3 heterocycles. The van der Waals surface area contributed by atoms with Crippen LogP contribution in [0.4, 0.5) is 0 Å². The minimum atomic E-state index is -0.0198. The van der Waals surface area contributed by atoms with Crippen LogP contribution < -0.4 is 0 Å². The molecule has 1 aliphatic rings. The molecule has 5 nitrogen and oxygen atoms in total. The van der Waals surface area contributed by atoms with Crippen molar-refractivity contribution >= 4 is 0 Å². The Morgan fingerprint density at radius 1 is 1.25 bits per heavy atom. The van der Waals surface area contributed by atoms with Crippen molar-refractivity contribution in [3.8, 4) is 0 Å². The van der Waals surface area contributed by atoms with E-state index < -0.39 is 0 Å².